The van der Waals surface area contributed by atoms with E-state index in [-0.39, 0.29) is 5.82 Å². The predicted molar refractivity (Wildman–Crippen MR) is 73.7 cm³/mol. The summed E-state index contributed by atoms with van der Waals surface area (Å²) in [5.74, 6) is 0.0761. The molecule has 2 aliphatic rings. The zero-order valence-corrected chi connectivity index (χ0v) is 11.6. The molecular weight excluding hydrogens is 241 g/mol. The first kappa shape index (κ1) is 12.9. The third-order valence-electron chi connectivity index (χ3n) is 4.80. The third-order valence-corrected chi connectivity index (χ3v) is 4.80. The van der Waals surface area contributed by atoms with Crippen LogP contribution in [0.15, 0.2) is 18.2 Å². The quantitative estimate of drug-likeness (QED) is 0.826. The van der Waals surface area contributed by atoms with Crippen LogP contribution in [0.25, 0.3) is 0 Å². The van der Waals surface area contributed by atoms with Crippen LogP contribution in [0.2, 0.25) is 0 Å². The molecule has 1 aliphatic heterocycles. The van der Waals surface area contributed by atoms with Gasteiger partial charge in [0.15, 0.2) is 11.6 Å². The topological polar surface area (TPSA) is 12.5 Å². The summed E-state index contributed by atoms with van der Waals surface area (Å²) in [6, 6.07) is 5.31. The van der Waals surface area contributed by atoms with E-state index in [1.54, 1.807) is 12.1 Å². The first-order valence-electron chi connectivity index (χ1n) is 7.26. The van der Waals surface area contributed by atoms with Crippen molar-refractivity contribution in [2.24, 2.45) is 5.41 Å². The molecule has 0 N–H and O–H groups in total. The van der Waals surface area contributed by atoms with E-state index in [2.05, 4.69) is 4.90 Å². The first-order valence-corrected chi connectivity index (χ1v) is 7.26. The largest absolute Gasteiger partial charge is 0.494 e. The van der Waals surface area contributed by atoms with Gasteiger partial charge in [0.05, 0.1) is 7.11 Å². The zero-order chi connectivity index (χ0) is 13.3. The Bertz CT molecular complexity index is 454. The molecule has 0 amide bonds. The second-order valence-corrected chi connectivity index (χ2v) is 6.14. The van der Waals surface area contributed by atoms with E-state index < -0.39 is 0 Å². The van der Waals surface area contributed by atoms with Crippen LogP contribution in [0.4, 0.5) is 4.39 Å². The van der Waals surface area contributed by atoms with Crippen LogP contribution in [0.1, 0.15) is 37.7 Å². The number of ether oxygens (including phenoxy) is 1. The molecule has 2 nitrogen and oxygen atoms in total. The molecule has 19 heavy (non-hydrogen) atoms. The summed E-state index contributed by atoms with van der Waals surface area (Å²) >= 11 is 0. The average molecular weight is 263 g/mol. The predicted octanol–water partition coefficient (Wildman–Crippen LogP) is 3.60. The van der Waals surface area contributed by atoms with Crippen LogP contribution in [0.3, 0.4) is 0 Å². The number of hydrogen-bond acceptors (Lipinski definition) is 2. The maximum atomic E-state index is 13.7. The Morgan fingerprint density at radius 3 is 2.74 bits per heavy atom. The van der Waals surface area contributed by atoms with Gasteiger partial charge < -0.3 is 4.74 Å². The van der Waals surface area contributed by atoms with E-state index in [4.69, 9.17) is 4.74 Å². The van der Waals surface area contributed by atoms with Gasteiger partial charge in [0.2, 0.25) is 0 Å². The Hall–Kier alpha value is -1.09. The summed E-state index contributed by atoms with van der Waals surface area (Å²) in [5.41, 5.74) is 1.64. The molecule has 1 heterocycles. The Kier molecular flexibility index (Phi) is 3.48. The monoisotopic (exact) mass is 263 g/mol. The van der Waals surface area contributed by atoms with Gasteiger partial charge in [-0.3, -0.25) is 4.90 Å². The van der Waals surface area contributed by atoms with Gasteiger partial charge in [0.1, 0.15) is 0 Å². The average Bonchev–Trinajstić information content (AvgIpc) is 3.01. The molecule has 0 unspecified atom stereocenters. The van der Waals surface area contributed by atoms with Crippen molar-refractivity contribution in [3.05, 3.63) is 29.6 Å². The van der Waals surface area contributed by atoms with Crippen molar-refractivity contribution in [2.45, 2.75) is 38.6 Å². The lowest BCUT2D eigenvalue weighted by molar-refractivity contribution is 0.255. The molecule has 3 rings (SSSR count). The van der Waals surface area contributed by atoms with Crippen molar-refractivity contribution < 1.29 is 9.13 Å². The Balaban J connectivity index is 1.64. The Labute approximate surface area is 114 Å². The van der Waals surface area contributed by atoms with Crippen molar-refractivity contribution in [1.82, 2.24) is 4.90 Å². The lowest BCUT2D eigenvalue weighted by Crippen LogP contribution is -2.24. The number of halogens is 1. The highest BCUT2D eigenvalue weighted by Crippen LogP contribution is 2.45. The van der Waals surface area contributed by atoms with Gasteiger partial charge in [-0.15, -0.1) is 0 Å². The summed E-state index contributed by atoms with van der Waals surface area (Å²) in [5, 5.41) is 0. The van der Waals surface area contributed by atoms with E-state index in [1.165, 1.54) is 45.8 Å². The molecule has 1 saturated heterocycles. The molecule has 1 aliphatic carbocycles. The van der Waals surface area contributed by atoms with Gasteiger partial charge in [-0.25, -0.2) is 4.39 Å². The maximum Gasteiger partial charge on any atom is 0.165 e. The number of hydrogen-bond donors (Lipinski definition) is 0. The highest BCUT2D eigenvalue weighted by molar-refractivity contribution is 5.29. The molecule has 2 fully saturated rings. The van der Waals surface area contributed by atoms with Crippen molar-refractivity contribution in [1.29, 1.82) is 0 Å². The highest BCUT2D eigenvalue weighted by Gasteiger charge is 2.39. The van der Waals surface area contributed by atoms with Gasteiger partial charge in [0, 0.05) is 13.1 Å². The number of rotatable bonds is 3. The van der Waals surface area contributed by atoms with Gasteiger partial charge in [-0.2, -0.15) is 0 Å². The van der Waals surface area contributed by atoms with E-state index in [0.29, 0.717) is 11.2 Å². The summed E-state index contributed by atoms with van der Waals surface area (Å²) < 4.78 is 18.6. The number of nitrogens with zero attached hydrogens (tertiary/aromatic N) is 1. The zero-order valence-electron chi connectivity index (χ0n) is 11.6. The van der Waals surface area contributed by atoms with Crippen LogP contribution in [0.5, 0.6) is 5.75 Å². The van der Waals surface area contributed by atoms with Crippen molar-refractivity contribution in [2.75, 3.05) is 20.2 Å². The summed E-state index contributed by atoms with van der Waals surface area (Å²) in [6.45, 7) is 3.22. The minimum absolute atomic E-state index is 0.255. The fraction of sp³-hybridized carbons (Fsp3) is 0.625. The standard InChI is InChI=1S/C16H22FNO/c1-19-15-5-4-13(10-14(15)17)11-18-9-8-16(12-18)6-2-3-7-16/h4-5,10H,2-3,6-9,11-12H2,1H3. The summed E-state index contributed by atoms with van der Waals surface area (Å²) in [4.78, 5) is 2.48. The van der Waals surface area contributed by atoms with E-state index in [1.807, 2.05) is 6.07 Å². The van der Waals surface area contributed by atoms with E-state index in [9.17, 15) is 4.39 Å². The van der Waals surface area contributed by atoms with Crippen LogP contribution in [-0.4, -0.2) is 25.1 Å². The second-order valence-electron chi connectivity index (χ2n) is 6.14. The van der Waals surface area contributed by atoms with Gasteiger partial charge in [-0.1, -0.05) is 18.9 Å². The maximum absolute atomic E-state index is 13.7. The van der Waals surface area contributed by atoms with Gasteiger partial charge in [-0.05, 0) is 48.9 Å². The molecule has 0 aromatic heterocycles. The molecule has 0 radical (unpaired) electrons. The Morgan fingerprint density at radius 2 is 2.05 bits per heavy atom. The number of benzene rings is 1. The molecule has 1 spiro atoms. The molecular formula is C16H22FNO. The molecule has 0 atom stereocenters. The lowest BCUT2D eigenvalue weighted by atomic mass is 9.86. The molecule has 1 aromatic rings. The van der Waals surface area contributed by atoms with Crippen LogP contribution in [-0.2, 0) is 6.54 Å². The fourth-order valence-corrected chi connectivity index (χ4v) is 3.76. The third kappa shape index (κ3) is 2.62. The highest BCUT2D eigenvalue weighted by atomic mass is 19.1. The minimum Gasteiger partial charge on any atom is -0.494 e. The fourth-order valence-electron chi connectivity index (χ4n) is 3.76. The van der Waals surface area contributed by atoms with Crippen molar-refractivity contribution in [3.63, 3.8) is 0 Å². The van der Waals surface area contributed by atoms with E-state index >= 15 is 0 Å². The summed E-state index contributed by atoms with van der Waals surface area (Å²) in [7, 11) is 1.50. The Morgan fingerprint density at radius 1 is 1.26 bits per heavy atom. The first-order chi connectivity index (χ1) is 9.21. The van der Waals surface area contributed by atoms with Crippen LogP contribution in [0, 0.1) is 11.2 Å². The minimum atomic E-state index is -0.255. The number of likely N-dealkylation sites (tertiary alicyclic amines) is 1. The molecule has 104 valence electrons. The second kappa shape index (κ2) is 5.12. The molecule has 0 bridgehead atoms. The lowest BCUT2D eigenvalue weighted by Gasteiger charge is -2.23. The summed E-state index contributed by atoms with van der Waals surface area (Å²) in [6.07, 6.45) is 6.89. The molecule has 3 heteroatoms. The number of methoxy groups -OCH3 is 1. The van der Waals surface area contributed by atoms with Crippen LogP contribution >= 0.6 is 0 Å². The van der Waals surface area contributed by atoms with Crippen LogP contribution < -0.4 is 4.74 Å². The molecule has 1 saturated carbocycles. The van der Waals surface area contributed by atoms with Gasteiger partial charge >= 0.3 is 0 Å². The van der Waals surface area contributed by atoms with E-state index in [0.717, 1.165) is 18.7 Å². The molecule has 1 aromatic carbocycles. The van der Waals surface area contributed by atoms with Gasteiger partial charge in [0.25, 0.3) is 0 Å². The SMILES string of the molecule is COc1ccc(CN2CCC3(CCCC3)C2)cc1F. The van der Waals surface area contributed by atoms with Crippen molar-refractivity contribution in [3.8, 4) is 5.75 Å². The van der Waals surface area contributed by atoms with Crippen molar-refractivity contribution >= 4 is 0 Å². The normalized spacial score (nSPS) is 22.2. The smallest absolute Gasteiger partial charge is 0.165 e.